The molecule has 3 aromatic carbocycles. The standard InChI is InChI=1S/C22H14F5N3/c1-12-8-14(23)2-5-17(12)21-18-6-4-16(9-13(18)11-28-30-21)29-20-7-3-15(24)10-19(20)22(25,26)27/h2-11,29H,1H3. The fraction of sp³-hybridized carbons (Fsp3) is 0.0909. The third-order valence-electron chi connectivity index (χ3n) is 4.67. The molecule has 0 aliphatic carbocycles. The smallest absolute Gasteiger partial charge is 0.355 e. The van der Waals surface area contributed by atoms with Crippen molar-refractivity contribution < 1.29 is 22.0 Å². The summed E-state index contributed by atoms with van der Waals surface area (Å²) < 4.78 is 66.5. The van der Waals surface area contributed by atoms with Gasteiger partial charge in [-0.3, -0.25) is 0 Å². The maximum absolute atomic E-state index is 13.4. The summed E-state index contributed by atoms with van der Waals surface area (Å²) in [5.74, 6) is -1.34. The highest BCUT2D eigenvalue weighted by Crippen LogP contribution is 2.37. The van der Waals surface area contributed by atoms with Gasteiger partial charge in [-0.15, -0.1) is 5.10 Å². The average molecular weight is 415 g/mol. The van der Waals surface area contributed by atoms with Crippen molar-refractivity contribution in [3.8, 4) is 11.3 Å². The molecule has 0 saturated heterocycles. The van der Waals surface area contributed by atoms with Gasteiger partial charge in [0.25, 0.3) is 0 Å². The summed E-state index contributed by atoms with van der Waals surface area (Å²) in [7, 11) is 0. The van der Waals surface area contributed by atoms with Gasteiger partial charge < -0.3 is 5.32 Å². The largest absolute Gasteiger partial charge is 0.418 e. The van der Waals surface area contributed by atoms with E-state index in [1.807, 2.05) is 0 Å². The zero-order valence-corrected chi connectivity index (χ0v) is 15.6. The molecule has 0 aliphatic rings. The zero-order valence-electron chi connectivity index (χ0n) is 15.6. The molecule has 3 nitrogen and oxygen atoms in total. The minimum absolute atomic E-state index is 0.264. The molecule has 1 aromatic heterocycles. The highest BCUT2D eigenvalue weighted by molar-refractivity contribution is 5.96. The topological polar surface area (TPSA) is 37.8 Å². The van der Waals surface area contributed by atoms with Crippen LogP contribution in [0, 0.1) is 18.6 Å². The van der Waals surface area contributed by atoms with E-state index in [4.69, 9.17) is 0 Å². The fourth-order valence-electron chi connectivity index (χ4n) is 3.27. The van der Waals surface area contributed by atoms with Crippen LogP contribution in [0.3, 0.4) is 0 Å². The number of benzene rings is 3. The van der Waals surface area contributed by atoms with E-state index in [2.05, 4.69) is 15.5 Å². The number of nitrogens with zero attached hydrogens (tertiary/aromatic N) is 2. The molecule has 4 aromatic rings. The lowest BCUT2D eigenvalue weighted by Crippen LogP contribution is -2.09. The van der Waals surface area contributed by atoms with Crippen molar-refractivity contribution in [2.75, 3.05) is 5.32 Å². The van der Waals surface area contributed by atoms with E-state index in [1.54, 1.807) is 31.2 Å². The molecule has 30 heavy (non-hydrogen) atoms. The quantitative estimate of drug-likeness (QED) is 0.381. The van der Waals surface area contributed by atoms with Gasteiger partial charge in [0.05, 0.1) is 17.4 Å². The van der Waals surface area contributed by atoms with Gasteiger partial charge in [0, 0.05) is 22.0 Å². The molecular weight excluding hydrogens is 401 g/mol. The fourth-order valence-corrected chi connectivity index (χ4v) is 3.27. The van der Waals surface area contributed by atoms with Gasteiger partial charge in [-0.05, 0) is 67.1 Å². The second-order valence-electron chi connectivity index (χ2n) is 6.77. The van der Waals surface area contributed by atoms with E-state index in [-0.39, 0.29) is 11.5 Å². The van der Waals surface area contributed by atoms with E-state index in [9.17, 15) is 22.0 Å². The molecule has 1 N–H and O–H groups in total. The molecule has 8 heteroatoms. The van der Waals surface area contributed by atoms with Crippen molar-refractivity contribution in [2.45, 2.75) is 13.1 Å². The summed E-state index contributed by atoms with van der Waals surface area (Å²) in [4.78, 5) is 0. The predicted molar refractivity (Wildman–Crippen MR) is 104 cm³/mol. The number of hydrogen-bond acceptors (Lipinski definition) is 3. The number of aromatic nitrogens is 2. The van der Waals surface area contributed by atoms with Gasteiger partial charge in [0.15, 0.2) is 0 Å². The lowest BCUT2D eigenvalue weighted by molar-refractivity contribution is -0.137. The molecule has 152 valence electrons. The van der Waals surface area contributed by atoms with E-state index >= 15 is 0 Å². The Morgan fingerprint density at radius 1 is 0.867 bits per heavy atom. The van der Waals surface area contributed by atoms with Crippen LogP contribution in [0.25, 0.3) is 22.0 Å². The molecule has 1 heterocycles. The van der Waals surface area contributed by atoms with Crippen LogP contribution in [0.5, 0.6) is 0 Å². The maximum atomic E-state index is 13.4. The van der Waals surface area contributed by atoms with E-state index in [0.717, 1.165) is 12.1 Å². The molecule has 0 fully saturated rings. The first kappa shape index (κ1) is 19.8. The molecule has 0 unspecified atom stereocenters. The first-order chi connectivity index (χ1) is 14.2. The molecule has 4 rings (SSSR count). The van der Waals surface area contributed by atoms with Crippen LogP contribution in [0.15, 0.2) is 60.8 Å². The van der Waals surface area contributed by atoms with Crippen LogP contribution in [0.4, 0.5) is 33.3 Å². The van der Waals surface area contributed by atoms with Crippen molar-refractivity contribution in [3.05, 3.63) is 83.6 Å². The van der Waals surface area contributed by atoms with Crippen molar-refractivity contribution in [1.82, 2.24) is 10.2 Å². The number of rotatable bonds is 3. The van der Waals surface area contributed by atoms with Crippen LogP contribution in [-0.4, -0.2) is 10.2 Å². The second kappa shape index (κ2) is 7.37. The van der Waals surface area contributed by atoms with Gasteiger partial charge in [0.2, 0.25) is 0 Å². The van der Waals surface area contributed by atoms with Crippen molar-refractivity contribution in [1.29, 1.82) is 0 Å². The number of hydrogen-bond donors (Lipinski definition) is 1. The lowest BCUT2D eigenvalue weighted by atomic mass is 10.0. The Hall–Kier alpha value is -3.55. The van der Waals surface area contributed by atoms with E-state index < -0.39 is 17.6 Å². The molecular formula is C22H14F5N3. The number of anilines is 2. The summed E-state index contributed by atoms with van der Waals surface area (Å²) in [6, 6.07) is 11.7. The number of alkyl halides is 3. The summed E-state index contributed by atoms with van der Waals surface area (Å²) >= 11 is 0. The number of aryl methyl sites for hydroxylation is 1. The molecule has 0 saturated carbocycles. The summed E-state index contributed by atoms with van der Waals surface area (Å²) in [6.45, 7) is 1.75. The van der Waals surface area contributed by atoms with Crippen molar-refractivity contribution in [3.63, 3.8) is 0 Å². The average Bonchev–Trinajstić information content (AvgIpc) is 2.68. The Morgan fingerprint density at radius 3 is 2.33 bits per heavy atom. The molecule has 0 atom stereocenters. The maximum Gasteiger partial charge on any atom is 0.418 e. The summed E-state index contributed by atoms with van der Waals surface area (Å²) in [5, 5.41) is 12.2. The van der Waals surface area contributed by atoms with Crippen LogP contribution < -0.4 is 5.32 Å². The number of fused-ring (bicyclic) bond motifs is 1. The highest BCUT2D eigenvalue weighted by Gasteiger charge is 2.34. The normalized spacial score (nSPS) is 11.7. The van der Waals surface area contributed by atoms with E-state index in [0.29, 0.717) is 39.3 Å². The summed E-state index contributed by atoms with van der Waals surface area (Å²) in [6.07, 6.45) is -3.22. The Morgan fingerprint density at radius 2 is 1.60 bits per heavy atom. The molecule has 0 aliphatic heterocycles. The molecule has 0 radical (unpaired) electrons. The van der Waals surface area contributed by atoms with Crippen LogP contribution >= 0.6 is 0 Å². The SMILES string of the molecule is Cc1cc(F)ccc1-c1nncc2cc(Nc3ccc(F)cc3C(F)(F)F)ccc12. The lowest BCUT2D eigenvalue weighted by Gasteiger charge is -2.15. The molecule has 0 bridgehead atoms. The van der Waals surface area contributed by atoms with Crippen LogP contribution in [0.1, 0.15) is 11.1 Å². The van der Waals surface area contributed by atoms with Crippen molar-refractivity contribution >= 4 is 22.1 Å². The van der Waals surface area contributed by atoms with Gasteiger partial charge >= 0.3 is 6.18 Å². The van der Waals surface area contributed by atoms with Crippen LogP contribution in [-0.2, 0) is 6.18 Å². The monoisotopic (exact) mass is 415 g/mol. The van der Waals surface area contributed by atoms with Crippen LogP contribution in [0.2, 0.25) is 0 Å². The predicted octanol–water partition coefficient (Wildman–Crippen LogP) is 6.65. The zero-order chi connectivity index (χ0) is 21.5. The number of nitrogens with one attached hydrogen (secondary N) is 1. The highest BCUT2D eigenvalue weighted by atomic mass is 19.4. The first-order valence-corrected chi connectivity index (χ1v) is 8.88. The first-order valence-electron chi connectivity index (χ1n) is 8.88. The van der Waals surface area contributed by atoms with Crippen molar-refractivity contribution in [2.24, 2.45) is 0 Å². The summed E-state index contributed by atoms with van der Waals surface area (Å²) in [5.41, 5.74) is 0.926. The number of halogens is 5. The molecule has 0 amide bonds. The van der Waals surface area contributed by atoms with Gasteiger partial charge in [-0.25, -0.2) is 8.78 Å². The second-order valence-corrected chi connectivity index (χ2v) is 6.77. The van der Waals surface area contributed by atoms with Gasteiger partial charge in [-0.2, -0.15) is 18.3 Å². The third kappa shape index (κ3) is 3.80. The van der Waals surface area contributed by atoms with Gasteiger partial charge in [0.1, 0.15) is 17.3 Å². The Labute approximate surface area is 168 Å². The Balaban J connectivity index is 1.76. The molecule has 0 spiro atoms. The Bertz CT molecular complexity index is 1250. The van der Waals surface area contributed by atoms with Gasteiger partial charge in [-0.1, -0.05) is 0 Å². The third-order valence-corrected chi connectivity index (χ3v) is 4.67. The minimum Gasteiger partial charge on any atom is -0.355 e. The van der Waals surface area contributed by atoms with E-state index in [1.165, 1.54) is 18.3 Å². The Kier molecular flexibility index (Phi) is 4.85. The minimum atomic E-state index is -4.71.